The molecule has 0 rings (SSSR count). The first kappa shape index (κ1) is 26.9. The Balaban J connectivity index is 4.14. The zero-order valence-electron chi connectivity index (χ0n) is 19.1. The zero-order chi connectivity index (χ0) is 20.9. The van der Waals surface area contributed by atoms with Crippen LogP contribution >= 0.6 is 0 Å². The molecule has 0 aromatic carbocycles. The molecular formula is C24H47NO3. The lowest BCUT2D eigenvalue weighted by Gasteiger charge is -2.23. The number of hydrogen-bond donors (Lipinski definition) is 0. The Hall–Kier alpha value is -1.06. The number of ether oxygens (including phenoxy) is 1. The Morgan fingerprint density at radius 3 is 1.57 bits per heavy atom. The summed E-state index contributed by atoms with van der Waals surface area (Å²) in [5.74, 6) is -0.107. The highest BCUT2D eigenvalue weighted by molar-refractivity contribution is 5.81. The third kappa shape index (κ3) is 17.1. The minimum atomic E-state index is -0.226. The number of amides is 1. The molecule has 166 valence electrons. The van der Waals surface area contributed by atoms with Crippen LogP contribution in [0.15, 0.2) is 0 Å². The van der Waals surface area contributed by atoms with Crippen molar-refractivity contribution in [1.29, 1.82) is 0 Å². The number of carbonyl (C=O) groups is 2. The van der Waals surface area contributed by atoms with E-state index in [1.807, 2.05) is 4.90 Å². The van der Waals surface area contributed by atoms with Crippen molar-refractivity contribution in [2.45, 2.75) is 124 Å². The third-order valence-electron chi connectivity index (χ3n) is 5.22. The van der Waals surface area contributed by atoms with E-state index < -0.39 is 0 Å². The molecule has 0 aromatic rings. The molecule has 0 aliphatic carbocycles. The molecule has 4 nitrogen and oxygen atoms in total. The first-order chi connectivity index (χ1) is 13.7. The Kier molecular flexibility index (Phi) is 19.9. The van der Waals surface area contributed by atoms with E-state index in [4.69, 9.17) is 4.74 Å². The van der Waals surface area contributed by atoms with Gasteiger partial charge in [-0.1, -0.05) is 91.4 Å². The molecule has 0 aromatic heterocycles. The standard InChI is InChI=1S/C24H47NO3/c1-4-7-10-13-15-20-25(21-16-14-11-8-5-2)23(26)18-19-24(27)28-22-17-12-9-6-3/h4-22H2,1-3H3. The number of esters is 1. The van der Waals surface area contributed by atoms with Gasteiger partial charge >= 0.3 is 5.97 Å². The van der Waals surface area contributed by atoms with E-state index in [-0.39, 0.29) is 24.7 Å². The lowest BCUT2D eigenvalue weighted by Crippen LogP contribution is -2.33. The molecule has 0 fully saturated rings. The van der Waals surface area contributed by atoms with Gasteiger partial charge in [0.2, 0.25) is 5.91 Å². The first-order valence-corrected chi connectivity index (χ1v) is 12.1. The molecule has 0 bridgehead atoms. The van der Waals surface area contributed by atoms with Gasteiger partial charge in [0.05, 0.1) is 13.0 Å². The molecule has 0 atom stereocenters. The maximum Gasteiger partial charge on any atom is 0.306 e. The zero-order valence-corrected chi connectivity index (χ0v) is 19.1. The monoisotopic (exact) mass is 397 g/mol. The molecule has 0 aliphatic rings. The van der Waals surface area contributed by atoms with Crippen molar-refractivity contribution in [3.05, 3.63) is 0 Å². The summed E-state index contributed by atoms with van der Waals surface area (Å²) in [6.45, 7) is 8.76. The summed E-state index contributed by atoms with van der Waals surface area (Å²) in [6, 6.07) is 0. The van der Waals surface area contributed by atoms with Gasteiger partial charge in [0.15, 0.2) is 0 Å². The van der Waals surface area contributed by atoms with E-state index >= 15 is 0 Å². The number of rotatable bonds is 20. The van der Waals surface area contributed by atoms with Crippen LogP contribution in [0.25, 0.3) is 0 Å². The quantitative estimate of drug-likeness (QED) is 0.170. The predicted octanol–water partition coefficient (Wildman–Crippen LogP) is 6.66. The average molecular weight is 398 g/mol. The smallest absolute Gasteiger partial charge is 0.306 e. The summed E-state index contributed by atoms with van der Waals surface area (Å²) < 4.78 is 5.26. The van der Waals surface area contributed by atoms with Crippen LogP contribution in [0.1, 0.15) is 124 Å². The van der Waals surface area contributed by atoms with Gasteiger partial charge in [0.1, 0.15) is 0 Å². The van der Waals surface area contributed by atoms with Crippen molar-refractivity contribution in [2.24, 2.45) is 0 Å². The minimum Gasteiger partial charge on any atom is -0.466 e. The van der Waals surface area contributed by atoms with Crippen LogP contribution in [-0.4, -0.2) is 36.5 Å². The molecule has 28 heavy (non-hydrogen) atoms. The van der Waals surface area contributed by atoms with Crippen LogP contribution in [0.3, 0.4) is 0 Å². The highest BCUT2D eigenvalue weighted by Crippen LogP contribution is 2.10. The summed E-state index contributed by atoms with van der Waals surface area (Å²) in [5, 5.41) is 0. The second-order valence-electron chi connectivity index (χ2n) is 7.99. The van der Waals surface area contributed by atoms with Crippen molar-refractivity contribution in [2.75, 3.05) is 19.7 Å². The Bertz CT molecular complexity index is 357. The maximum absolute atomic E-state index is 12.6. The fraction of sp³-hybridized carbons (Fsp3) is 0.917. The van der Waals surface area contributed by atoms with Gasteiger partial charge in [-0.3, -0.25) is 9.59 Å². The van der Waals surface area contributed by atoms with E-state index in [1.165, 1.54) is 64.2 Å². The van der Waals surface area contributed by atoms with Gasteiger partial charge in [-0.05, 0) is 19.3 Å². The molecule has 0 radical (unpaired) electrons. The number of unbranched alkanes of at least 4 members (excludes halogenated alkanes) is 11. The lowest BCUT2D eigenvalue weighted by molar-refractivity contribution is -0.146. The molecule has 0 N–H and O–H groups in total. The summed E-state index contributed by atoms with van der Waals surface area (Å²) in [7, 11) is 0. The van der Waals surface area contributed by atoms with Crippen molar-refractivity contribution < 1.29 is 14.3 Å². The summed E-state index contributed by atoms with van der Waals surface area (Å²) in [6.07, 6.45) is 16.9. The maximum atomic E-state index is 12.6. The van der Waals surface area contributed by atoms with Gasteiger partial charge < -0.3 is 9.64 Å². The average Bonchev–Trinajstić information content (AvgIpc) is 2.70. The molecule has 4 heteroatoms. The van der Waals surface area contributed by atoms with Gasteiger partial charge in [-0.25, -0.2) is 0 Å². The summed E-state index contributed by atoms with van der Waals surface area (Å²) in [4.78, 5) is 26.5. The van der Waals surface area contributed by atoms with E-state index in [9.17, 15) is 9.59 Å². The molecule has 0 spiro atoms. The lowest BCUT2D eigenvalue weighted by atomic mass is 10.1. The molecule has 0 unspecified atom stereocenters. The van der Waals surface area contributed by atoms with Crippen LogP contribution in [0, 0.1) is 0 Å². The molecular weight excluding hydrogens is 350 g/mol. The predicted molar refractivity (Wildman–Crippen MR) is 118 cm³/mol. The number of carbonyl (C=O) groups excluding carboxylic acids is 2. The van der Waals surface area contributed by atoms with Crippen LogP contribution in [0.2, 0.25) is 0 Å². The third-order valence-corrected chi connectivity index (χ3v) is 5.22. The highest BCUT2D eigenvalue weighted by Gasteiger charge is 2.15. The topological polar surface area (TPSA) is 46.6 Å². The second-order valence-corrected chi connectivity index (χ2v) is 7.99. The van der Waals surface area contributed by atoms with Crippen LogP contribution in [0.4, 0.5) is 0 Å². The van der Waals surface area contributed by atoms with Gasteiger partial charge in [-0.2, -0.15) is 0 Å². The molecule has 0 saturated carbocycles. The van der Waals surface area contributed by atoms with Crippen molar-refractivity contribution in [3.8, 4) is 0 Å². The van der Waals surface area contributed by atoms with E-state index in [0.29, 0.717) is 6.61 Å². The van der Waals surface area contributed by atoms with E-state index in [0.717, 1.165) is 38.8 Å². The SMILES string of the molecule is CCCCCCCN(CCCCCCC)C(=O)CCC(=O)OCCCCCC. The van der Waals surface area contributed by atoms with E-state index in [2.05, 4.69) is 20.8 Å². The van der Waals surface area contributed by atoms with Crippen LogP contribution in [0.5, 0.6) is 0 Å². The van der Waals surface area contributed by atoms with Crippen LogP contribution in [-0.2, 0) is 14.3 Å². The fourth-order valence-electron chi connectivity index (χ4n) is 3.33. The number of hydrogen-bond acceptors (Lipinski definition) is 3. The summed E-state index contributed by atoms with van der Waals surface area (Å²) >= 11 is 0. The Labute approximate surface area is 174 Å². The Morgan fingerprint density at radius 2 is 1.07 bits per heavy atom. The Morgan fingerprint density at radius 1 is 0.607 bits per heavy atom. The fourth-order valence-corrected chi connectivity index (χ4v) is 3.33. The van der Waals surface area contributed by atoms with Gasteiger partial charge in [-0.15, -0.1) is 0 Å². The van der Waals surface area contributed by atoms with Crippen molar-refractivity contribution >= 4 is 11.9 Å². The molecule has 0 heterocycles. The second kappa shape index (κ2) is 20.7. The van der Waals surface area contributed by atoms with Gasteiger partial charge in [0, 0.05) is 19.5 Å². The van der Waals surface area contributed by atoms with E-state index in [1.54, 1.807) is 0 Å². The molecule has 0 saturated heterocycles. The number of nitrogens with zero attached hydrogens (tertiary/aromatic N) is 1. The van der Waals surface area contributed by atoms with Crippen LogP contribution < -0.4 is 0 Å². The van der Waals surface area contributed by atoms with Crippen molar-refractivity contribution in [3.63, 3.8) is 0 Å². The first-order valence-electron chi connectivity index (χ1n) is 12.1. The van der Waals surface area contributed by atoms with Gasteiger partial charge in [0.25, 0.3) is 0 Å². The highest BCUT2D eigenvalue weighted by atomic mass is 16.5. The van der Waals surface area contributed by atoms with Crippen molar-refractivity contribution in [1.82, 2.24) is 4.90 Å². The molecule has 0 aliphatic heterocycles. The summed E-state index contributed by atoms with van der Waals surface area (Å²) in [5.41, 5.74) is 0. The normalized spacial score (nSPS) is 10.8. The largest absolute Gasteiger partial charge is 0.466 e. The minimum absolute atomic E-state index is 0.119. The molecule has 1 amide bonds.